The minimum absolute atomic E-state index is 0.0679. The fourth-order valence-corrected chi connectivity index (χ4v) is 3.65. The molecule has 0 unspecified atom stereocenters. The van der Waals surface area contributed by atoms with Gasteiger partial charge in [-0.3, -0.25) is 0 Å². The van der Waals surface area contributed by atoms with Crippen LogP contribution in [0.2, 0.25) is 0 Å². The third kappa shape index (κ3) is 4.87. The molecule has 1 aromatic heterocycles. The number of rotatable bonds is 8. The van der Waals surface area contributed by atoms with Crippen molar-refractivity contribution in [2.45, 2.75) is 58.7 Å². The standard InChI is InChI=1S/C23H31NO5/c1-5-23(15-27-22(3,28-16-23)21(25)26-4)14-10-9-13-19-17(2)29-20(24-19)18-11-7-6-8-12-18/h6-8,11-12H,5,9-10,13-16H2,1-4H3/t22-,23+. The number of oxazole rings is 1. The highest BCUT2D eigenvalue weighted by molar-refractivity contribution is 5.77. The molecule has 1 fully saturated rings. The lowest BCUT2D eigenvalue weighted by atomic mass is 9.80. The monoisotopic (exact) mass is 401 g/mol. The van der Waals surface area contributed by atoms with Crippen molar-refractivity contribution in [3.8, 4) is 11.5 Å². The number of ether oxygens (including phenoxy) is 3. The number of carbonyl (C=O) groups is 1. The Morgan fingerprint density at radius 3 is 2.48 bits per heavy atom. The molecule has 3 rings (SSSR count). The molecule has 29 heavy (non-hydrogen) atoms. The van der Waals surface area contributed by atoms with E-state index >= 15 is 0 Å². The van der Waals surface area contributed by atoms with E-state index in [1.54, 1.807) is 6.92 Å². The van der Waals surface area contributed by atoms with Gasteiger partial charge < -0.3 is 18.6 Å². The van der Waals surface area contributed by atoms with E-state index in [1.807, 2.05) is 37.3 Å². The fraction of sp³-hybridized carbons (Fsp3) is 0.565. The zero-order valence-corrected chi connectivity index (χ0v) is 17.8. The summed E-state index contributed by atoms with van der Waals surface area (Å²) >= 11 is 0. The second-order valence-electron chi connectivity index (χ2n) is 7.96. The first kappa shape index (κ1) is 21.5. The fourth-order valence-electron chi connectivity index (χ4n) is 3.65. The zero-order valence-electron chi connectivity index (χ0n) is 17.8. The molecule has 0 bridgehead atoms. The van der Waals surface area contributed by atoms with E-state index in [0.29, 0.717) is 19.1 Å². The number of aromatic nitrogens is 1. The van der Waals surface area contributed by atoms with Gasteiger partial charge in [-0.15, -0.1) is 0 Å². The van der Waals surface area contributed by atoms with E-state index in [1.165, 1.54) is 7.11 Å². The Kier molecular flexibility index (Phi) is 6.75. The van der Waals surface area contributed by atoms with Crippen LogP contribution in [0.1, 0.15) is 51.0 Å². The van der Waals surface area contributed by atoms with Crippen LogP contribution in [0.3, 0.4) is 0 Å². The molecule has 1 aliphatic heterocycles. The van der Waals surface area contributed by atoms with Gasteiger partial charge in [0.15, 0.2) is 0 Å². The maximum absolute atomic E-state index is 11.9. The molecule has 0 aliphatic carbocycles. The number of esters is 1. The van der Waals surface area contributed by atoms with Crippen molar-refractivity contribution < 1.29 is 23.4 Å². The molecule has 1 saturated heterocycles. The first-order chi connectivity index (χ1) is 13.9. The molecule has 0 saturated carbocycles. The highest BCUT2D eigenvalue weighted by Gasteiger charge is 2.46. The molecule has 1 aromatic carbocycles. The van der Waals surface area contributed by atoms with E-state index < -0.39 is 11.8 Å². The summed E-state index contributed by atoms with van der Waals surface area (Å²) in [7, 11) is 1.34. The van der Waals surface area contributed by atoms with Crippen LogP contribution in [0.15, 0.2) is 34.7 Å². The SMILES string of the molecule is CC[C@]1(CCCCc2nc(-c3ccccc3)oc2C)CO[C@@](C)(C(=O)OC)OC1. The summed E-state index contributed by atoms with van der Waals surface area (Å²) in [5.74, 6) is -0.219. The molecule has 6 nitrogen and oxygen atoms in total. The largest absolute Gasteiger partial charge is 0.465 e. The highest BCUT2D eigenvalue weighted by Crippen LogP contribution is 2.37. The number of hydrogen-bond acceptors (Lipinski definition) is 6. The van der Waals surface area contributed by atoms with Gasteiger partial charge in [-0.25, -0.2) is 9.78 Å². The second kappa shape index (κ2) is 9.09. The molecular formula is C23H31NO5. The van der Waals surface area contributed by atoms with Crippen molar-refractivity contribution in [1.29, 1.82) is 0 Å². The van der Waals surface area contributed by atoms with Crippen LogP contribution >= 0.6 is 0 Å². The number of methoxy groups -OCH3 is 1. The van der Waals surface area contributed by atoms with Crippen molar-refractivity contribution in [2.24, 2.45) is 5.41 Å². The summed E-state index contributed by atoms with van der Waals surface area (Å²) in [6.45, 7) is 6.72. The lowest BCUT2D eigenvalue weighted by Gasteiger charge is -2.43. The molecule has 0 spiro atoms. The molecule has 6 heteroatoms. The summed E-state index contributed by atoms with van der Waals surface area (Å²) in [4.78, 5) is 16.5. The smallest absolute Gasteiger partial charge is 0.366 e. The minimum Gasteiger partial charge on any atom is -0.465 e. The van der Waals surface area contributed by atoms with Crippen LogP contribution in [0.5, 0.6) is 0 Å². The van der Waals surface area contributed by atoms with Crippen molar-refractivity contribution in [1.82, 2.24) is 4.98 Å². The van der Waals surface area contributed by atoms with Crippen molar-refractivity contribution in [3.63, 3.8) is 0 Å². The number of aryl methyl sites for hydroxylation is 2. The van der Waals surface area contributed by atoms with E-state index in [9.17, 15) is 4.79 Å². The summed E-state index contributed by atoms with van der Waals surface area (Å²) < 4.78 is 22.2. The second-order valence-corrected chi connectivity index (χ2v) is 7.96. The first-order valence-corrected chi connectivity index (χ1v) is 10.3. The number of carbonyl (C=O) groups excluding carboxylic acids is 1. The van der Waals surface area contributed by atoms with Crippen molar-refractivity contribution in [3.05, 3.63) is 41.8 Å². The normalized spacial score (nSPS) is 24.4. The molecule has 0 N–H and O–H groups in total. The van der Waals surface area contributed by atoms with Gasteiger partial charge in [0.05, 0.1) is 26.0 Å². The predicted molar refractivity (Wildman–Crippen MR) is 109 cm³/mol. The van der Waals surface area contributed by atoms with Crippen LogP contribution < -0.4 is 0 Å². The number of benzene rings is 1. The number of hydrogen-bond donors (Lipinski definition) is 0. The molecule has 0 radical (unpaired) electrons. The Hall–Kier alpha value is -2.18. The molecule has 158 valence electrons. The molecule has 0 atom stereocenters. The Labute approximate surface area is 172 Å². The molecule has 2 heterocycles. The Balaban J connectivity index is 1.51. The topological polar surface area (TPSA) is 70.8 Å². The molecular weight excluding hydrogens is 370 g/mol. The van der Waals surface area contributed by atoms with Crippen LogP contribution in [0.4, 0.5) is 0 Å². The predicted octanol–water partition coefficient (Wildman–Crippen LogP) is 4.70. The summed E-state index contributed by atoms with van der Waals surface area (Å²) in [5, 5.41) is 0. The Morgan fingerprint density at radius 2 is 1.86 bits per heavy atom. The summed E-state index contributed by atoms with van der Waals surface area (Å²) in [6, 6.07) is 9.96. The van der Waals surface area contributed by atoms with Gasteiger partial charge in [0.1, 0.15) is 5.76 Å². The van der Waals surface area contributed by atoms with E-state index in [2.05, 4.69) is 11.9 Å². The van der Waals surface area contributed by atoms with E-state index in [4.69, 9.17) is 18.6 Å². The molecule has 2 aromatic rings. The average Bonchev–Trinajstić information content (AvgIpc) is 3.13. The Bertz CT molecular complexity index is 806. The van der Waals surface area contributed by atoms with Gasteiger partial charge in [-0.1, -0.05) is 31.5 Å². The van der Waals surface area contributed by atoms with Crippen LogP contribution in [0.25, 0.3) is 11.5 Å². The van der Waals surface area contributed by atoms with Gasteiger partial charge in [-0.2, -0.15) is 0 Å². The quantitative estimate of drug-likeness (QED) is 0.472. The minimum atomic E-state index is -1.29. The average molecular weight is 402 g/mol. The number of unbranched alkanes of at least 4 members (excludes halogenated alkanes) is 1. The van der Waals surface area contributed by atoms with E-state index in [0.717, 1.165) is 49.1 Å². The lowest BCUT2D eigenvalue weighted by molar-refractivity contribution is -0.291. The number of nitrogens with zero attached hydrogens (tertiary/aromatic N) is 1. The van der Waals surface area contributed by atoms with E-state index in [-0.39, 0.29) is 5.41 Å². The van der Waals surface area contributed by atoms with Crippen LogP contribution in [-0.2, 0) is 25.4 Å². The first-order valence-electron chi connectivity index (χ1n) is 10.3. The molecule has 1 aliphatic rings. The van der Waals surface area contributed by atoms with Gasteiger partial charge in [0.2, 0.25) is 5.89 Å². The summed E-state index contributed by atoms with van der Waals surface area (Å²) in [6.07, 6.45) is 4.83. The van der Waals surface area contributed by atoms with Crippen molar-refractivity contribution >= 4 is 5.97 Å². The van der Waals surface area contributed by atoms with Gasteiger partial charge in [-0.05, 0) is 44.7 Å². The third-order valence-electron chi connectivity index (χ3n) is 5.90. The lowest BCUT2D eigenvalue weighted by Crippen LogP contribution is -2.52. The van der Waals surface area contributed by atoms with Gasteiger partial charge in [0.25, 0.3) is 5.79 Å². The van der Waals surface area contributed by atoms with Gasteiger partial charge >= 0.3 is 5.97 Å². The zero-order chi connectivity index (χ0) is 20.9. The Morgan fingerprint density at radius 1 is 1.17 bits per heavy atom. The maximum Gasteiger partial charge on any atom is 0.366 e. The maximum atomic E-state index is 11.9. The molecule has 0 amide bonds. The summed E-state index contributed by atoms with van der Waals surface area (Å²) in [5.41, 5.74) is 1.95. The van der Waals surface area contributed by atoms with Crippen molar-refractivity contribution in [2.75, 3.05) is 20.3 Å². The van der Waals surface area contributed by atoms with Gasteiger partial charge in [0, 0.05) is 17.9 Å². The highest BCUT2D eigenvalue weighted by atomic mass is 16.7. The van der Waals surface area contributed by atoms with Crippen LogP contribution in [-0.4, -0.2) is 37.1 Å². The van der Waals surface area contributed by atoms with Crippen LogP contribution in [0, 0.1) is 12.3 Å². The third-order valence-corrected chi connectivity index (χ3v) is 5.90.